The van der Waals surface area contributed by atoms with Crippen LogP contribution in [0.15, 0.2) is 103 Å². The van der Waals surface area contributed by atoms with Crippen LogP contribution in [-0.4, -0.2) is 29.3 Å². The highest BCUT2D eigenvalue weighted by Crippen LogP contribution is 2.44. The second kappa shape index (κ2) is 9.70. The van der Waals surface area contributed by atoms with E-state index in [1.807, 2.05) is 91.0 Å². The van der Waals surface area contributed by atoms with Gasteiger partial charge >= 0.3 is 12.1 Å². The molecule has 0 radical (unpaired) electrons. The SMILES string of the molecule is CC(Cc1ccc(-c2ccccc2)cc1)(NC(=O)OCC1c2ccccc2-c2ccccc21)C(=O)O. The number of alkyl carbamates (subject to hydrolysis) is 1. The molecule has 0 bridgehead atoms. The first kappa shape index (κ1) is 23.4. The predicted molar refractivity (Wildman–Crippen MR) is 140 cm³/mol. The molecule has 180 valence electrons. The molecule has 2 N–H and O–H groups in total. The van der Waals surface area contributed by atoms with Crippen molar-refractivity contribution in [3.05, 3.63) is 120 Å². The summed E-state index contributed by atoms with van der Waals surface area (Å²) < 4.78 is 5.59. The van der Waals surface area contributed by atoms with Gasteiger partial charge in [0.15, 0.2) is 0 Å². The third kappa shape index (κ3) is 4.60. The normalized spacial score (nSPS) is 13.8. The Balaban J connectivity index is 1.27. The highest BCUT2D eigenvalue weighted by Gasteiger charge is 2.36. The lowest BCUT2D eigenvalue weighted by Crippen LogP contribution is -2.54. The van der Waals surface area contributed by atoms with E-state index in [1.165, 1.54) is 6.92 Å². The Morgan fingerprint density at radius 2 is 1.31 bits per heavy atom. The number of hydrogen-bond donors (Lipinski definition) is 2. The van der Waals surface area contributed by atoms with E-state index in [4.69, 9.17) is 4.74 Å². The van der Waals surface area contributed by atoms with Crippen LogP contribution in [0.5, 0.6) is 0 Å². The monoisotopic (exact) mass is 477 g/mol. The van der Waals surface area contributed by atoms with Gasteiger partial charge in [0, 0.05) is 12.3 Å². The number of amides is 1. The number of fused-ring (bicyclic) bond motifs is 3. The zero-order valence-electron chi connectivity index (χ0n) is 20.0. The molecule has 0 aliphatic heterocycles. The predicted octanol–water partition coefficient (Wildman–Crippen LogP) is 6.28. The molecular formula is C31H27NO4. The van der Waals surface area contributed by atoms with E-state index in [0.717, 1.165) is 38.9 Å². The molecule has 36 heavy (non-hydrogen) atoms. The molecule has 5 nitrogen and oxygen atoms in total. The van der Waals surface area contributed by atoms with E-state index < -0.39 is 17.6 Å². The lowest BCUT2D eigenvalue weighted by atomic mass is 9.92. The summed E-state index contributed by atoms with van der Waals surface area (Å²) in [6.45, 7) is 1.63. The number of nitrogens with one attached hydrogen (secondary N) is 1. The van der Waals surface area contributed by atoms with Crippen molar-refractivity contribution in [2.45, 2.75) is 24.8 Å². The van der Waals surface area contributed by atoms with Crippen LogP contribution >= 0.6 is 0 Å². The fourth-order valence-corrected chi connectivity index (χ4v) is 4.89. The fraction of sp³-hybridized carbons (Fsp3) is 0.161. The third-order valence-electron chi connectivity index (χ3n) is 6.81. The average Bonchev–Trinajstić information content (AvgIpc) is 3.22. The Labute approximate surface area is 210 Å². The van der Waals surface area contributed by atoms with Crippen LogP contribution in [-0.2, 0) is 16.0 Å². The Kier molecular flexibility index (Phi) is 6.30. The standard InChI is InChI=1S/C31H27NO4/c1-31(29(33)34,19-21-15-17-23(18-16-21)22-9-3-2-4-10-22)32-30(35)36-20-28-26-13-7-5-11-24(26)25-12-6-8-14-27(25)28/h2-18,28H,19-20H2,1H3,(H,32,35)(H,33,34). The van der Waals surface area contributed by atoms with E-state index in [9.17, 15) is 14.7 Å². The van der Waals surface area contributed by atoms with Gasteiger partial charge in [0.1, 0.15) is 12.1 Å². The molecule has 5 heteroatoms. The van der Waals surface area contributed by atoms with Gasteiger partial charge in [-0.05, 0) is 45.9 Å². The molecule has 1 atom stereocenters. The van der Waals surface area contributed by atoms with Gasteiger partial charge in [-0.25, -0.2) is 9.59 Å². The summed E-state index contributed by atoms with van der Waals surface area (Å²) in [6, 6.07) is 33.8. The van der Waals surface area contributed by atoms with Gasteiger partial charge in [-0.2, -0.15) is 0 Å². The second-order valence-electron chi connectivity index (χ2n) is 9.33. The molecular weight excluding hydrogens is 450 g/mol. The molecule has 0 saturated heterocycles. The maximum atomic E-state index is 12.8. The van der Waals surface area contributed by atoms with Crippen molar-refractivity contribution in [1.82, 2.24) is 5.32 Å². The van der Waals surface area contributed by atoms with Crippen molar-refractivity contribution in [1.29, 1.82) is 0 Å². The number of benzene rings is 4. The van der Waals surface area contributed by atoms with Crippen molar-refractivity contribution >= 4 is 12.1 Å². The first-order valence-electron chi connectivity index (χ1n) is 12.0. The maximum absolute atomic E-state index is 12.8. The summed E-state index contributed by atoms with van der Waals surface area (Å²) in [5, 5.41) is 12.5. The number of carbonyl (C=O) groups excluding carboxylic acids is 1. The van der Waals surface area contributed by atoms with Gasteiger partial charge in [0.25, 0.3) is 0 Å². The van der Waals surface area contributed by atoms with Crippen LogP contribution in [0.4, 0.5) is 4.79 Å². The highest BCUT2D eigenvalue weighted by atomic mass is 16.5. The number of ether oxygens (including phenoxy) is 1. The van der Waals surface area contributed by atoms with Crippen LogP contribution in [0.1, 0.15) is 29.5 Å². The molecule has 1 unspecified atom stereocenters. The minimum atomic E-state index is -1.52. The molecule has 0 saturated carbocycles. The van der Waals surface area contributed by atoms with Gasteiger partial charge < -0.3 is 15.2 Å². The van der Waals surface area contributed by atoms with Crippen LogP contribution < -0.4 is 5.32 Å². The third-order valence-corrected chi connectivity index (χ3v) is 6.81. The van der Waals surface area contributed by atoms with E-state index in [2.05, 4.69) is 17.4 Å². The second-order valence-corrected chi connectivity index (χ2v) is 9.33. The van der Waals surface area contributed by atoms with E-state index in [0.29, 0.717) is 0 Å². The Morgan fingerprint density at radius 1 is 0.778 bits per heavy atom. The number of rotatable bonds is 7. The van der Waals surface area contributed by atoms with Crippen molar-refractivity contribution in [3.63, 3.8) is 0 Å². The molecule has 1 amide bonds. The molecule has 0 fully saturated rings. The summed E-state index contributed by atoms with van der Waals surface area (Å²) in [5.41, 5.74) is 5.89. The lowest BCUT2D eigenvalue weighted by Gasteiger charge is -2.26. The lowest BCUT2D eigenvalue weighted by molar-refractivity contribution is -0.143. The van der Waals surface area contributed by atoms with E-state index >= 15 is 0 Å². The van der Waals surface area contributed by atoms with Crippen LogP contribution in [0.25, 0.3) is 22.3 Å². The van der Waals surface area contributed by atoms with Gasteiger partial charge in [0.2, 0.25) is 0 Å². The molecule has 0 aromatic heterocycles. The Morgan fingerprint density at radius 3 is 1.89 bits per heavy atom. The molecule has 4 aromatic carbocycles. The smallest absolute Gasteiger partial charge is 0.408 e. The average molecular weight is 478 g/mol. The van der Waals surface area contributed by atoms with E-state index in [-0.39, 0.29) is 18.9 Å². The van der Waals surface area contributed by atoms with Gasteiger partial charge in [-0.3, -0.25) is 0 Å². The fourth-order valence-electron chi connectivity index (χ4n) is 4.89. The Bertz CT molecular complexity index is 1350. The summed E-state index contributed by atoms with van der Waals surface area (Å²) >= 11 is 0. The Hall–Kier alpha value is -4.38. The number of carboxylic acids is 1. The maximum Gasteiger partial charge on any atom is 0.408 e. The van der Waals surface area contributed by atoms with Gasteiger partial charge in [-0.1, -0.05) is 103 Å². The van der Waals surface area contributed by atoms with Crippen molar-refractivity contribution in [3.8, 4) is 22.3 Å². The molecule has 0 heterocycles. The number of hydrogen-bond acceptors (Lipinski definition) is 3. The molecule has 1 aliphatic rings. The van der Waals surface area contributed by atoms with Crippen molar-refractivity contribution in [2.24, 2.45) is 0 Å². The molecule has 4 aromatic rings. The first-order chi connectivity index (χ1) is 17.4. The van der Waals surface area contributed by atoms with E-state index in [1.54, 1.807) is 0 Å². The first-order valence-corrected chi connectivity index (χ1v) is 12.0. The van der Waals surface area contributed by atoms with Crippen LogP contribution in [0, 0.1) is 0 Å². The van der Waals surface area contributed by atoms with Crippen LogP contribution in [0.3, 0.4) is 0 Å². The molecule has 0 spiro atoms. The van der Waals surface area contributed by atoms with Crippen LogP contribution in [0.2, 0.25) is 0 Å². The number of aliphatic carboxylic acids is 1. The van der Waals surface area contributed by atoms with Gasteiger partial charge in [-0.15, -0.1) is 0 Å². The summed E-state index contributed by atoms with van der Waals surface area (Å²) in [4.78, 5) is 24.9. The number of carboxylic acid groups (broad SMARTS) is 1. The summed E-state index contributed by atoms with van der Waals surface area (Å²) in [7, 11) is 0. The topological polar surface area (TPSA) is 75.6 Å². The largest absolute Gasteiger partial charge is 0.480 e. The van der Waals surface area contributed by atoms with Gasteiger partial charge in [0.05, 0.1) is 0 Å². The zero-order valence-corrected chi connectivity index (χ0v) is 20.0. The molecule has 1 aliphatic carbocycles. The number of carbonyl (C=O) groups is 2. The van der Waals surface area contributed by atoms with Crippen molar-refractivity contribution in [2.75, 3.05) is 6.61 Å². The molecule has 5 rings (SSSR count). The summed E-state index contributed by atoms with van der Waals surface area (Å²) in [6.07, 6.45) is -0.621. The minimum absolute atomic E-state index is 0.0928. The highest BCUT2D eigenvalue weighted by molar-refractivity contribution is 5.84. The minimum Gasteiger partial charge on any atom is -0.480 e. The zero-order chi connectivity index (χ0) is 25.1. The summed E-state index contributed by atoms with van der Waals surface area (Å²) in [5.74, 6) is -1.21. The van der Waals surface area contributed by atoms with Crippen molar-refractivity contribution < 1.29 is 19.4 Å². The quantitative estimate of drug-likeness (QED) is 0.329.